The number of carbonyl (C=O) groups is 1. The fraction of sp³-hybridized carbons (Fsp3) is 0.647. The van der Waals surface area contributed by atoms with Crippen LogP contribution in [0.1, 0.15) is 45.4 Å². The lowest BCUT2D eigenvalue weighted by Gasteiger charge is -2.31. The number of amides is 1. The fourth-order valence-electron chi connectivity index (χ4n) is 3.61. The Kier molecular flexibility index (Phi) is 4.97. The third-order valence-electron chi connectivity index (χ3n) is 5.08. The maximum absolute atomic E-state index is 12.4. The molecule has 3 rings (SSSR count). The maximum atomic E-state index is 12.4. The number of nitrogens with one attached hydrogen (secondary N) is 1. The zero-order chi connectivity index (χ0) is 17.1. The Morgan fingerprint density at radius 3 is 2.96 bits per heavy atom. The molecule has 0 bridgehead atoms. The van der Waals surface area contributed by atoms with Crippen molar-refractivity contribution in [1.82, 2.24) is 24.6 Å². The quantitative estimate of drug-likeness (QED) is 0.902. The molecule has 130 valence electrons. The number of aromatic nitrogens is 4. The monoisotopic (exact) mass is 331 g/mol. The van der Waals surface area contributed by atoms with E-state index in [1.54, 1.807) is 11.7 Å². The molecule has 2 heterocycles. The van der Waals surface area contributed by atoms with Crippen molar-refractivity contribution in [3.05, 3.63) is 22.9 Å². The van der Waals surface area contributed by atoms with Gasteiger partial charge in [0.05, 0.1) is 12.5 Å². The second-order valence-electron chi connectivity index (χ2n) is 6.63. The van der Waals surface area contributed by atoms with Crippen molar-refractivity contribution in [2.75, 3.05) is 0 Å². The number of rotatable bonds is 5. The summed E-state index contributed by atoms with van der Waals surface area (Å²) in [5, 5.41) is 7.69. The van der Waals surface area contributed by atoms with Gasteiger partial charge in [0.25, 0.3) is 5.56 Å². The van der Waals surface area contributed by atoms with Gasteiger partial charge in [-0.25, -0.2) is 4.98 Å². The molecule has 0 aliphatic heterocycles. The van der Waals surface area contributed by atoms with Gasteiger partial charge in [0.2, 0.25) is 5.91 Å². The Morgan fingerprint density at radius 1 is 1.38 bits per heavy atom. The zero-order valence-corrected chi connectivity index (χ0v) is 14.4. The summed E-state index contributed by atoms with van der Waals surface area (Å²) < 4.78 is 3.06. The van der Waals surface area contributed by atoms with Crippen molar-refractivity contribution in [1.29, 1.82) is 0 Å². The van der Waals surface area contributed by atoms with Crippen LogP contribution < -0.4 is 10.9 Å². The molecule has 0 aromatic carbocycles. The number of hydrogen-bond acceptors (Lipinski definition) is 4. The van der Waals surface area contributed by atoms with Crippen molar-refractivity contribution in [2.24, 2.45) is 13.0 Å². The molecule has 0 saturated heterocycles. The molecule has 1 aliphatic rings. The molecule has 24 heavy (non-hydrogen) atoms. The Hall–Kier alpha value is -2.18. The van der Waals surface area contributed by atoms with E-state index in [-0.39, 0.29) is 17.5 Å². The van der Waals surface area contributed by atoms with E-state index in [0.29, 0.717) is 29.9 Å². The van der Waals surface area contributed by atoms with Gasteiger partial charge in [0.15, 0.2) is 5.65 Å². The molecule has 0 spiro atoms. The molecule has 0 unspecified atom stereocenters. The van der Waals surface area contributed by atoms with Crippen LogP contribution in [0.3, 0.4) is 0 Å². The van der Waals surface area contributed by atoms with Crippen molar-refractivity contribution in [3.8, 4) is 0 Å². The van der Waals surface area contributed by atoms with Gasteiger partial charge >= 0.3 is 0 Å². The van der Waals surface area contributed by atoms with Gasteiger partial charge in [-0.1, -0.05) is 26.2 Å². The highest BCUT2D eigenvalue weighted by Gasteiger charge is 2.24. The molecule has 7 nitrogen and oxygen atoms in total. The minimum atomic E-state index is -0.148. The lowest BCUT2D eigenvalue weighted by Crippen LogP contribution is -2.42. The SMILES string of the molecule is CC[C@@H]1CCCC[C@H]1NC(=O)CCn1cnc2c(cnn2C)c1=O. The Bertz CT molecular complexity index is 779. The topological polar surface area (TPSA) is 81.8 Å². The molecule has 1 fully saturated rings. The van der Waals surface area contributed by atoms with Crippen LogP contribution in [0.4, 0.5) is 0 Å². The van der Waals surface area contributed by atoms with E-state index in [9.17, 15) is 9.59 Å². The highest BCUT2D eigenvalue weighted by atomic mass is 16.2. The van der Waals surface area contributed by atoms with Gasteiger partial charge in [-0.05, 0) is 18.8 Å². The van der Waals surface area contributed by atoms with Gasteiger partial charge in [0.1, 0.15) is 5.39 Å². The van der Waals surface area contributed by atoms with Gasteiger partial charge in [-0.15, -0.1) is 0 Å². The third kappa shape index (κ3) is 3.34. The molecule has 1 aliphatic carbocycles. The molecular formula is C17H25N5O2. The third-order valence-corrected chi connectivity index (χ3v) is 5.08. The summed E-state index contributed by atoms with van der Waals surface area (Å²) in [5.41, 5.74) is 0.415. The van der Waals surface area contributed by atoms with Crippen LogP contribution >= 0.6 is 0 Å². The van der Waals surface area contributed by atoms with Gasteiger partial charge in [-0.2, -0.15) is 5.10 Å². The summed E-state index contributed by atoms with van der Waals surface area (Å²) in [4.78, 5) is 28.9. The molecule has 1 saturated carbocycles. The largest absolute Gasteiger partial charge is 0.353 e. The lowest BCUT2D eigenvalue weighted by molar-refractivity contribution is -0.122. The Balaban J connectivity index is 1.62. The second kappa shape index (κ2) is 7.15. The molecule has 2 aromatic rings. The Morgan fingerprint density at radius 2 is 2.17 bits per heavy atom. The summed E-state index contributed by atoms with van der Waals surface area (Å²) in [6.45, 7) is 2.52. The number of aryl methyl sites for hydroxylation is 2. The van der Waals surface area contributed by atoms with Gasteiger partial charge in [-0.3, -0.25) is 18.8 Å². The molecule has 2 atom stereocenters. The van der Waals surface area contributed by atoms with Gasteiger partial charge < -0.3 is 5.32 Å². The minimum absolute atomic E-state index is 0.0125. The highest BCUT2D eigenvalue weighted by molar-refractivity contribution is 5.76. The first-order valence-electron chi connectivity index (χ1n) is 8.76. The van der Waals surface area contributed by atoms with Crippen LogP contribution in [0, 0.1) is 5.92 Å². The van der Waals surface area contributed by atoms with Crippen LogP contribution in [0.5, 0.6) is 0 Å². The van der Waals surface area contributed by atoms with Crippen LogP contribution in [-0.4, -0.2) is 31.3 Å². The van der Waals surface area contributed by atoms with Crippen molar-refractivity contribution in [3.63, 3.8) is 0 Å². The summed E-state index contributed by atoms with van der Waals surface area (Å²) in [6, 6.07) is 0.284. The molecular weight excluding hydrogens is 306 g/mol. The van der Waals surface area contributed by atoms with Crippen LogP contribution in [0.25, 0.3) is 11.0 Å². The average Bonchev–Trinajstić information content (AvgIpc) is 2.97. The van der Waals surface area contributed by atoms with E-state index in [1.165, 1.54) is 36.4 Å². The first-order valence-corrected chi connectivity index (χ1v) is 8.76. The molecule has 0 radical (unpaired) electrons. The first kappa shape index (κ1) is 16.7. The normalized spacial score (nSPS) is 21.1. The van der Waals surface area contributed by atoms with Crippen LogP contribution in [-0.2, 0) is 18.4 Å². The van der Waals surface area contributed by atoms with Crippen molar-refractivity contribution < 1.29 is 4.79 Å². The average molecular weight is 331 g/mol. The van der Waals surface area contributed by atoms with Crippen molar-refractivity contribution in [2.45, 2.75) is 58.0 Å². The number of nitrogens with zero attached hydrogens (tertiary/aromatic N) is 4. The van der Waals surface area contributed by atoms with Crippen LogP contribution in [0.2, 0.25) is 0 Å². The zero-order valence-electron chi connectivity index (χ0n) is 14.4. The van der Waals surface area contributed by atoms with E-state index in [0.717, 1.165) is 12.8 Å². The standard InChI is InChI=1S/C17H25N5O2/c1-3-12-6-4-5-7-14(12)20-15(23)8-9-22-11-18-16-13(17(22)24)10-19-21(16)2/h10-12,14H,3-9H2,1-2H3,(H,20,23)/t12-,14-/m1/s1. The highest BCUT2D eigenvalue weighted by Crippen LogP contribution is 2.26. The fourth-order valence-corrected chi connectivity index (χ4v) is 3.61. The molecule has 1 amide bonds. The lowest BCUT2D eigenvalue weighted by atomic mass is 9.83. The summed E-state index contributed by atoms with van der Waals surface area (Å²) >= 11 is 0. The van der Waals surface area contributed by atoms with E-state index in [2.05, 4.69) is 22.3 Å². The van der Waals surface area contributed by atoms with Gasteiger partial charge in [0, 0.05) is 26.1 Å². The summed E-state index contributed by atoms with van der Waals surface area (Å²) in [5.74, 6) is 0.595. The van der Waals surface area contributed by atoms with E-state index in [1.807, 2.05) is 0 Å². The molecule has 2 aromatic heterocycles. The number of hydrogen-bond donors (Lipinski definition) is 1. The maximum Gasteiger partial charge on any atom is 0.264 e. The number of fused-ring (bicyclic) bond motifs is 1. The first-order chi connectivity index (χ1) is 11.6. The van der Waals surface area contributed by atoms with E-state index >= 15 is 0 Å². The smallest absolute Gasteiger partial charge is 0.264 e. The van der Waals surface area contributed by atoms with E-state index < -0.39 is 0 Å². The van der Waals surface area contributed by atoms with Crippen LogP contribution in [0.15, 0.2) is 17.3 Å². The predicted octanol–water partition coefficient (Wildman–Crippen LogP) is 1.61. The summed E-state index contributed by atoms with van der Waals surface area (Å²) in [6.07, 6.45) is 9.12. The summed E-state index contributed by atoms with van der Waals surface area (Å²) in [7, 11) is 1.75. The number of carbonyl (C=O) groups excluding carboxylic acids is 1. The minimum Gasteiger partial charge on any atom is -0.353 e. The Labute approximate surface area is 141 Å². The second-order valence-corrected chi connectivity index (χ2v) is 6.63. The molecule has 1 N–H and O–H groups in total. The predicted molar refractivity (Wildman–Crippen MR) is 91.6 cm³/mol. The molecule has 7 heteroatoms. The van der Waals surface area contributed by atoms with Crippen molar-refractivity contribution >= 4 is 16.9 Å². The van der Waals surface area contributed by atoms with E-state index in [4.69, 9.17) is 0 Å².